The molecule has 17 heavy (non-hydrogen) atoms. The zero-order valence-electron chi connectivity index (χ0n) is 10.1. The summed E-state index contributed by atoms with van der Waals surface area (Å²) < 4.78 is 6.20. The first kappa shape index (κ1) is 12.9. The normalized spacial score (nSPS) is 16.9. The van der Waals surface area contributed by atoms with Crippen LogP contribution >= 0.6 is 15.9 Å². The van der Waals surface area contributed by atoms with Gasteiger partial charge in [-0.1, -0.05) is 6.07 Å². The van der Waals surface area contributed by atoms with Crippen molar-refractivity contribution in [3.8, 4) is 5.75 Å². The Hall–Kier alpha value is -0.580. The maximum Gasteiger partial charge on any atom is 0.133 e. The second-order valence-corrected chi connectivity index (χ2v) is 5.63. The average molecular weight is 299 g/mol. The number of ether oxygens (including phenoxy) is 1. The molecule has 94 valence electrons. The zero-order valence-corrected chi connectivity index (χ0v) is 11.7. The van der Waals surface area contributed by atoms with Gasteiger partial charge in [-0.15, -0.1) is 0 Å². The van der Waals surface area contributed by atoms with Crippen LogP contribution < -0.4 is 15.8 Å². The van der Waals surface area contributed by atoms with Crippen LogP contribution in [0.15, 0.2) is 22.7 Å². The highest BCUT2D eigenvalue weighted by Gasteiger charge is 2.40. The van der Waals surface area contributed by atoms with Gasteiger partial charge in [0, 0.05) is 13.1 Å². The third kappa shape index (κ3) is 3.21. The first-order valence-corrected chi connectivity index (χ1v) is 6.72. The molecule has 0 radical (unpaired) electrons. The highest BCUT2D eigenvalue weighted by Crippen LogP contribution is 2.43. The lowest BCUT2D eigenvalue weighted by molar-refractivity contribution is 0.411. The topological polar surface area (TPSA) is 47.3 Å². The molecule has 2 rings (SSSR count). The molecular formula is C13H19BrN2O. The molecule has 0 atom stereocenters. The Labute approximate surface area is 111 Å². The van der Waals surface area contributed by atoms with Crippen molar-refractivity contribution >= 4 is 15.9 Å². The summed E-state index contributed by atoms with van der Waals surface area (Å²) in [7, 11) is 1.68. The molecular weight excluding hydrogens is 280 g/mol. The third-order valence-corrected chi connectivity index (χ3v) is 4.06. The third-order valence-electron chi connectivity index (χ3n) is 3.44. The standard InChI is InChI=1S/C13H19BrN2O/c1-17-12-3-2-10(6-11(12)14)7-16-9-13(8-15)4-5-13/h2-3,6,16H,4-5,7-9,15H2,1H3. The van der Waals surface area contributed by atoms with Gasteiger partial charge >= 0.3 is 0 Å². The van der Waals surface area contributed by atoms with Crippen LogP contribution in [-0.4, -0.2) is 20.2 Å². The molecule has 1 saturated carbocycles. The van der Waals surface area contributed by atoms with Crippen LogP contribution in [0.5, 0.6) is 5.75 Å². The number of hydrogen-bond donors (Lipinski definition) is 2. The summed E-state index contributed by atoms with van der Waals surface area (Å²) >= 11 is 3.49. The minimum Gasteiger partial charge on any atom is -0.496 e. The maximum atomic E-state index is 5.75. The summed E-state index contributed by atoms with van der Waals surface area (Å²) in [5.41, 5.74) is 7.39. The molecule has 0 amide bonds. The smallest absolute Gasteiger partial charge is 0.133 e. The Morgan fingerprint density at radius 2 is 2.24 bits per heavy atom. The van der Waals surface area contributed by atoms with E-state index in [0.29, 0.717) is 5.41 Å². The number of halogens is 1. The summed E-state index contributed by atoms with van der Waals surface area (Å²) in [4.78, 5) is 0. The number of hydrogen-bond acceptors (Lipinski definition) is 3. The largest absolute Gasteiger partial charge is 0.496 e. The van der Waals surface area contributed by atoms with Gasteiger partial charge in [-0.3, -0.25) is 0 Å². The Balaban J connectivity index is 1.85. The van der Waals surface area contributed by atoms with Crippen LogP contribution in [0.3, 0.4) is 0 Å². The van der Waals surface area contributed by atoms with Gasteiger partial charge in [0.2, 0.25) is 0 Å². The second kappa shape index (κ2) is 5.38. The van der Waals surface area contributed by atoms with E-state index in [1.54, 1.807) is 7.11 Å². The molecule has 0 aromatic heterocycles. The lowest BCUT2D eigenvalue weighted by Crippen LogP contribution is -2.29. The molecule has 0 aliphatic heterocycles. The summed E-state index contributed by atoms with van der Waals surface area (Å²) in [6.45, 7) is 2.70. The average Bonchev–Trinajstić information content (AvgIpc) is 3.10. The fourth-order valence-electron chi connectivity index (χ4n) is 1.92. The molecule has 4 heteroatoms. The Morgan fingerprint density at radius 1 is 1.47 bits per heavy atom. The van der Waals surface area contributed by atoms with Crippen LogP contribution in [0, 0.1) is 5.41 Å². The molecule has 1 aromatic rings. The SMILES string of the molecule is COc1ccc(CNCC2(CN)CC2)cc1Br. The van der Waals surface area contributed by atoms with E-state index in [1.165, 1.54) is 18.4 Å². The minimum atomic E-state index is 0.393. The molecule has 1 aromatic carbocycles. The lowest BCUT2D eigenvalue weighted by atomic mass is 10.1. The van der Waals surface area contributed by atoms with Crippen molar-refractivity contribution in [1.82, 2.24) is 5.32 Å². The predicted octanol–water partition coefficient (Wildman–Crippen LogP) is 2.29. The minimum absolute atomic E-state index is 0.393. The fourth-order valence-corrected chi connectivity index (χ4v) is 2.51. The highest BCUT2D eigenvalue weighted by molar-refractivity contribution is 9.10. The molecule has 1 aliphatic carbocycles. The van der Waals surface area contributed by atoms with E-state index in [1.807, 2.05) is 6.07 Å². The van der Waals surface area contributed by atoms with Crippen molar-refractivity contribution in [3.05, 3.63) is 28.2 Å². The first-order valence-electron chi connectivity index (χ1n) is 5.92. The van der Waals surface area contributed by atoms with E-state index in [9.17, 15) is 0 Å². The number of benzene rings is 1. The molecule has 0 saturated heterocycles. The van der Waals surface area contributed by atoms with Crippen molar-refractivity contribution in [2.75, 3.05) is 20.2 Å². The number of nitrogens with two attached hydrogens (primary N) is 1. The first-order chi connectivity index (χ1) is 8.19. The monoisotopic (exact) mass is 298 g/mol. The molecule has 0 unspecified atom stereocenters. The molecule has 0 heterocycles. The Morgan fingerprint density at radius 3 is 2.76 bits per heavy atom. The zero-order chi connectivity index (χ0) is 12.3. The van der Waals surface area contributed by atoms with Crippen LogP contribution in [0.25, 0.3) is 0 Å². The quantitative estimate of drug-likeness (QED) is 0.847. The van der Waals surface area contributed by atoms with Gasteiger partial charge < -0.3 is 15.8 Å². The van der Waals surface area contributed by atoms with Crippen LogP contribution in [0.4, 0.5) is 0 Å². The van der Waals surface area contributed by atoms with Gasteiger partial charge in [0.25, 0.3) is 0 Å². The summed E-state index contributed by atoms with van der Waals surface area (Å²) in [6, 6.07) is 6.16. The van der Waals surface area contributed by atoms with Gasteiger partial charge in [-0.2, -0.15) is 0 Å². The van der Waals surface area contributed by atoms with Crippen molar-refractivity contribution in [1.29, 1.82) is 0 Å². The summed E-state index contributed by atoms with van der Waals surface area (Å²) in [5.74, 6) is 0.870. The predicted molar refractivity (Wildman–Crippen MR) is 73.1 cm³/mol. The van der Waals surface area contributed by atoms with E-state index in [0.717, 1.165) is 29.9 Å². The summed E-state index contributed by atoms with van der Waals surface area (Å²) in [5, 5.41) is 3.48. The van der Waals surface area contributed by atoms with E-state index in [4.69, 9.17) is 10.5 Å². The summed E-state index contributed by atoms with van der Waals surface area (Å²) in [6.07, 6.45) is 2.53. The molecule has 3 N–H and O–H groups in total. The van der Waals surface area contributed by atoms with Crippen LogP contribution in [0.1, 0.15) is 18.4 Å². The van der Waals surface area contributed by atoms with Crippen LogP contribution in [0.2, 0.25) is 0 Å². The number of nitrogens with one attached hydrogen (secondary N) is 1. The number of rotatable bonds is 6. The molecule has 1 fully saturated rings. The Kier molecular flexibility index (Phi) is 4.07. The lowest BCUT2D eigenvalue weighted by Gasteiger charge is -2.13. The Bertz CT molecular complexity index is 391. The molecule has 3 nitrogen and oxygen atoms in total. The van der Waals surface area contributed by atoms with Crippen molar-refractivity contribution in [3.63, 3.8) is 0 Å². The van der Waals surface area contributed by atoms with E-state index in [2.05, 4.69) is 33.4 Å². The van der Waals surface area contributed by atoms with E-state index >= 15 is 0 Å². The second-order valence-electron chi connectivity index (χ2n) is 4.78. The van der Waals surface area contributed by atoms with Crippen LogP contribution in [-0.2, 0) is 6.54 Å². The van der Waals surface area contributed by atoms with Gasteiger partial charge in [0.05, 0.1) is 11.6 Å². The van der Waals surface area contributed by atoms with Gasteiger partial charge in [0.15, 0.2) is 0 Å². The van der Waals surface area contributed by atoms with Crippen molar-refractivity contribution in [2.24, 2.45) is 11.1 Å². The highest BCUT2D eigenvalue weighted by atomic mass is 79.9. The van der Waals surface area contributed by atoms with Gasteiger partial charge in [0.1, 0.15) is 5.75 Å². The molecule has 0 bridgehead atoms. The van der Waals surface area contributed by atoms with Gasteiger partial charge in [-0.05, 0) is 58.4 Å². The van der Waals surface area contributed by atoms with E-state index in [-0.39, 0.29) is 0 Å². The van der Waals surface area contributed by atoms with Gasteiger partial charge in [-0.25, -0.2) is 0 Å². The van der Waals surface area contributed by atoms with Crippen molar-refractivity contribution in [2.45, 2.75) is 19.4 Å². The number of methoxy groups -OCH3 is 1. The maximum absolute atomic E-state index is 5.75. The fraction of sp³-hybridized carbons (Fsp3) is 0.538. The van der Waals surface area contributed by atoms with Crippen molar-refractivity contribution < 1.29 is 4.74 Å². The van der Waals surface area contributed by atoms with E-state index < -0.39 is 0 Å². The molecule has 0 spiro atoms. The molecule has 1 aliphatic rings.